The summed E-state index contributed by atoms with van der Waals surface area (Å²) in [5.74, 6) is 0. The number of fused-ring (bicyclic) bond motifs is 3. The molecule has 0 radical (unpaired) electrons. The largest absolute Gasteiger partial charge is 0.268 e. The fraction of sp³-hybridized carbons (Fsp3) is 0.333. The third-order valence-electron chi connectivity index (χ3n) is 5.23. The van der Waals surface area contributed by atoms with Gasteiger partial charge in [-0.05, 0) is 69.2 Å². The van der Waals surface area contributed by atoms with Gasteiger partial charge in [0.15, 0.2) is 0 Å². The second-order valence-corrected chi connectivity index (χ2v) is 8.87. The minimum Gasteiger partial charge on any atom is -0.238 e. The van der Waals surface area contributed by atoms with Crippen molar-refractivity contribution in [2.75, 3.05) is 0 Å². The van der Waals surface area contributed by atoms with E-state index in [1.807, 2.05) is 51.1 Å². The first-order valence-electron chi connectivity index (χ1n) is 8.86. The van der Waals surface area contributed by atoms with Gasteiger partial charge in [0.25, 0.3) is 10.0 Å². The van der Waals surface area contributed by atoms with Gasteiger partial charge >= 0.3 is 0 Å². The van der Waals surface area contributed by atoms with Gasteiger partial charge in [0.1, 0.15) is 0 Å². The highest BCUT2D eigenvalue weighted by Gasteiger charge is 2.30. The zero-order chi connectivity index (χ0) is 17.8. The highest BCUT2D eigenvalue weighted by molar-refractivity contribution is 7.90. The van der Waals surface area contributed by atoms with Crippen LogP contribution in [0.15, 0.2) is 41.3 Å². The number of rotatable bonds is 2. The number of aryl methyl sites for hydroxylation is 4. The van der Waals surface area contributed by atoms with Gasteiger partial charge in [0, 0.05) is 11.1 Å². The maximum absolute atomic E-state index is 13.7. The molecule has 0 saturated heterocycles. The number of hydrogen-bond acceptors (Lipinski definition) is 2. The maximum atomic E-state index is 13.7. The standard InChI is InChI=1S/C21H23NO2S/c1-14-12-15(2)21(16(3)13-14)25(23,24)22-19-10-6-4-8-17(19)18-9-5-7-11-20(18)22/h4,6,8,10,12-13H,5,7,9,11H2,1-3H3. The molecule has 0 saturated carbocycles. The van der Waals surface area contributed by atoms with E-state index >= 15 is 0 Å². The van der Waals surface area contributed by atoms with E-state index in [4.69, 9.17) is 0 Å². The number of nitrogens with zero attached hydrogens (tertiary/aromatic N) is 1. The Balaban J connectivity index is 2.09. The van der Waals surface area contributed by atoms with Crippen LogP contribution in [-0.4, -0.2) is 12.4 Å². The van der Waals surface area contributed by atoms with Gasteiger partial charge in [-0.25, -0.2) is 12.4 Å². The smallest absolute Gasteiger partial charge is 0.238 e. The predicted molar refractivity (Wildman–Crippen MR) is 102 cm³/mol. The number of para-hydroxylation sites is 1. The molecule has 1 heterocycles. The van der Waals surface area contributed by atoms with E-state index in [2.05, 4.69) is 6.07 Å². The van der Waals surface area contributed by atoms with Gasteiger partial charge in [0.2, 0.25) is 0 Å². The van der Waals surface area contributed by atoms with Crippen molar-refractivity contribution >= 4 is 20.9 Å². The minimum absolute atomic E-state index is 0.451. The van der Waals surface area contributed by atoms with Crippen LogP contribution in [-0.2, 0) is 22.9 Å². The first kappa shape index (κ1) is 16.4. The molecular formula is C21H23NO2S. The first-order valence-corrected chi connectivity index (χ1v) is 10.3. The van der Waals surface area contributed by atoms with Crippen LogP contribution in [0.5, 0.6) is 0 Å². The molecule has 0 aliphatic heterocycles. The van der Waals surface area contributed by atoms with Crippen molar-refractivity contribution in [3.63, 3.8) is 0 Å². The molecule has 4 rings (SSSR count). The normalized spacial score (nSPS) is 14.7. The molecule has 1 aromatic heterocycles. The molecule has 25 heavy (non-hydrogen) atoms. The lowest BCUT2D eigenvalue weighted by Crippen LogP contribution is -2.19. The molecule has 0 N–H and O–H groups in total. The van der Waals surface area contributed by atoms with Crippen LogP contribution in [0.1, 0.15) is 40.8 Å². The Morgan fingerprint density at radius 1 is 0.920 bits per heavy atom. The van der Waals surface area contributed by atoms with E-state index < -0.39 is 10.0 Å². The highest BCUT2D eigenvalue weighted by atomic mass is 32.2. The lowest BCUT2D eigenvalue weighted by Gasteiger charge is -2.18. The second kappa shape index (κ2) is 5.73. The van der Waals surface area contributed by atoms with E-state index in [0.29, 0.717) is 4.90 Å². The summed E-state index contributed by atoms with van der Waals surface area (Å²) in [5.41, 5.74) is 5.74. The molecule has 3 nitrogen and oxygen atoms in total. The van der Waals surface area contributed by atoms with E-state index in [1.54, 1.807) is 3.97 Å². The zero-order valence-electron chi connectivity index (χ0n) is 15.0. The fourth-order valence-electron chi connectivity index (χ4n) is 4.39. The Morgan fingerprint density at radius 3 is 2.28 bits per heavy atom. The predicted octanol–water partition coefficient (Wildman–Crippen LogP) is 4.68. The topological polar surface area (TPSA) is 39.1 Å². The van der Waals surface area contributed by atoms with Crippen LogP contribution < -0.4 is 0 Å². The maximum Gasteiger partial charge on any atom is 0.268 e. The van der Waals surface area contributed by atoms with Crippen molar-refractivity contribution < 1.29 is 8.42 Å². The van der Waals surface area contributed by atoms with Crippen LogP contribution in [0.4, 0.5) is 0 Å². The highest BCUT2D eigenvalue weighted by Crippen LogP contribution is 2.36. The molecule has 1 aliphatic rings. The lowest BCUT2D eigenvalue weighted by molar-refractivity contribution is 0.581. The molecule has 1 aliphatic carbocycles. The monoisotopic (exact) mass is 353 g/mol. The summed E-state index contributed by atoms with van der Waals surface area (Å²) in [6.45, 7) is 5.79. The van der Waals surface area contributed by atoms with Crippen LogP contribution in [0.3, 0.4) is 0 Å². The molecule has 0 amide bonds. The molecule has 2 aromatic carbocycles. The summed E-state index contributed by atoms with van der Waals surface area (Å²) in [6, 6.07) is 11.8. The van der Waals surface area contributed by atoms with Crippen molar-refractivity contribution in [3.8, 4) is 0 Å². The van der Waals surface area contributed by atoms with Crippen LogP contribution >= 0.6 is 0 Å². The first-order chi connectivity index (χ1) is 11.9. The summed E-state index contributed by atoms with van der Waals surface area (Å²) >= 11 is 0. The molecule has 3 aromatic rings. The average Bonchev–Trinajstić information content (AvgIpc) is 2.88. The van der Waals surface area contributed by atoms with Crippen LogP contribution in [0.25, 0.3) is 10.9 Å². The van der Waals surface area contributed by atoms with E-state index in [1.165, 1.54) is 5.56 Å². The minimum atomic E-state index is -3.63. The molecule has 0 atom stereocenters. The van der Waals surface area contributed by atoms with Crippen molar-refractivity contribution in [1.29, 1.82) is 0 Å². The molecule has 4 heteroatoms. The van der Waals surface area contributed by atoms with Crippen molar-refractivity contribution in [1.82, 2.24) is 3.97 Å². The summed E-state index contributed by atoms with van der Waals surface area (Å²) in [6.07, 6.45) is 3.96. The Bertz CT molecular complexity index is 1070. The van der Waals surface area contributed by atoms with Gasteiger partial charge in [-0.3, -0.25) is 0 Å². The van der Waals surface area contributed by atoms with Crippen LogP contribution in [0.2, 0.25) is 0 Å². The Labute approximate surface area is 149 Å². The average molecular weight is 353 g/mol. The van der Waals surface area contributed by atoms with E-state index in [-0.39, 0.29) is 0 Å². The fourth-order valence-corrected chi connectivity index (χ4v) is 6.42. The zero-order valence-corrected chi connectivity index (χ0v) is 15.8. The SMILES string of the molecule is Cc1cc(C)c(S(=O)(=O)n2c3c(c4ccccc42)CCCC3)c(C)c1. The second-order valence-electron chi connectivity index (χ2n) is 7.15. The molecule has 0 bridgehead atoms. The van der Waals surface area contributed by atoms with Gasteiger partial charge in [0.05, 0.1) is 10.4 Å². The molecule has 0 unspecified atom stereocenters. The molecule has 0 fully saturated rings. The summed E-state index contributed by atoms with van der Waals surface area (Å²) in [5, 5.41) is 1.09. The van der Waals surface area contributed by atoms with Crippen molar-refractivity contribution in [3.05, 3.63) is 64.3 Å². The van der Waals surface area contributed by atoms with Crippen LogP contribution in [0, 0.1) is 20.8 Å². The quantitative estimate of drug-likeness (QED) is 0.671. The number of aromatic nitrogens is 1. The Hall–Kier alpha value is -2.07. The van der Waals surface area contributed by atoms with E-state index in [9.17, 15) is 8.42 Å². The molecule has 0 spiro atoms. The molecular weight excluding hydrogens is 330 g/mol. The summed E-state index contributed by atoms with van der Waals surface area (Å²) in [7, 11) is -3.63. The number of benzene rings is 2. The number of hydrogen-bond donors (Lipinski definition) is 0. The Kier molecular flexibility index (Phi) is 3.76. The van der Waals surface area contributed by atoms with Gasteiger partial charge < -0.3 is 0 Å². The van der Waals surface area contributed by atoms with Gasteiger partial charge in [-0.15, -0.1) is 0 Å². The van der Waals surface area contributed by atoms with Crippen molar-refractivity contribution in [2.45, 2.75) is 51.3 Å². The third kappa shape index (κ3) is 2.43. The van der Waals surface area contributed by atoms with Crippen molar-refractivity contribution in [2.24, 2.45) is 0 Å². The Morgan fingerprint density at radius 2 is 1.56 bits per heavy atom. The van der Waals surface area contributed by atoms with Gasteiger partial charge in [-0.2, -0.15) is 0 Å². The molecule has 130 valence electrons. The third-order valence-corrected chi connectivity index (χ3v) is 7.29. The van der Waals surface area contributed by atoms with Gasteiger partial charge in [-0.1, -0.05) is 35.9 Å². The lowest BCUT2D eigenvalue weighted by atomic mass is 9.96. The summed E-state index contributed by atoms with van der Waals surface area (Å²) < 4.78 is 29.0. The summed E-state index contributed by atoms with van der Waals surface area (Å²) in [4.78, 5) is 0.451. The van der Waals surface area contributed by atoms with E-state index in [0.717, 1.165) is 59.0 Å².